The summed E-state index contributed by atoms with van der Waals surface area (Å²) in [6.07, 6.45) is 0. The summed E-state index contributed by atoms with van der Waals surface area (Å²) in [6, 6.07) is 22.1. The lowest BCUT2D eigenvalue weighted by Crippen LogP contribution is -2.30. The van der Waals surface area contributed by atoms with Crippen LogP contribution in [0, 0.1) is 13.8 Å². The largest absolute Gasteiger partial charge is 0.339 e. The van der Waals surface area contributed by atoms with Crippen molar-refractivity contribution >= 4 is 28.2 Å². The molecule has 1 heterocycles. The number of amides is 1. The Kier molecular flexibility index (Phi) is 6.17. The molecule has 162 valence electrons. The number of carbonyl (C=O) groups is 1. The number of hydrogen-bond acceptors (Lipinski definition) is 4. The summed E-state index contributed by atoms with van der Waals surface area (Å²) in [4.78, 5) is 14.4. The highest BCUT2D eigenvalue weighted by molar-refractivity contribution is 6.01. The summed E-state index contributed by atoms with van der Waals surface area (Å²) in [6.45, 7) is 9.53. The Morgan fingerprint density at radius 3 is 2.25 bits per heavy atom. The second-order valence-corrected chi connectivity index (χ2v) is 7.94. The van der Waals surface area contributed by atoms with Gasteiger partial charge in [-0.3, -0.25) is 4.79 Å². The monoisotopic (exact) mass is 424 g/mol. The quantitative estimate of drug-likeness (QED) is 0.404. The van der Waals surface area contributed by atoms with Crippen molar-refractivity contribution in [1.29, 1.82) is 0 Å². The van der Waals surface area contributed by atoms with Crippen molar-refractivity contribution in [3.8, 4) is 11.3 Å². The van der Waals surface area contributed by atoms with Gasteiger partial charge in [0.05, 0.1) is 0 Å². The number of aromatic nitrogens is 2. The maximum absolute atomic E-state index is 12.6. The highest BCUT2D eigenvalue weighted by Crippen LogP contribution is 2.32. The van der Waals surface area contributed by atoms with Crippen molar-refractivity contribution in [2.45, 2.75) is 27.7 Å². The number of nitrogens with zero attached hydrogens (tertiary/aromatic N) is 3. The Labute approximate surface area is 189 Å². The van der Waals surface area contributed by atoms with Crippen LogP contribution < -0.4 is 5.32 Å². The SMILES string of the molecule is CCN(CC)C(=O)c1ccc(-c2nnc(Nc3cc(C)ccc3C)c3ccccc23)cc1. The molecule has 0 spiro atoms. The molecule has 0 aliphatic rings. The van der Waals surface area contributed by atoms with Gasteiger partial charge in [0.1, 0.15) is 5.69 Å². The van der Waals surface area contributed by atoms with E-state index in [-0.39, 0.29) is 5.91 Å². The number of nitrogens with one attached hydrogen (secondary N) is 1. The van der Waals surface area contributed by atoms with Crippen LogP contribution in [-0.4, -0.2) is 34.1 Å². The van der Waals surface area contributed by atoms with Crippen LogP contribution in [0.4, 0.5) is 11.5 Å². The predicted molar refractivity (Wildman–Crippen MR) is 131 cm³/mol. The predicted octanol–water partition coefficient (Wildman–Crippen LogP) is 6.14. The molecule has 4 aromatic rings. The molecule has 1 aromatic heterocycles. The lowest BCUT2D eigenvalue weighted by Gasteiger charge is -2.18. The van der Waals surface area contributed by atoms with Crippen molar-refractivity contribution in [3.05, 3.63) is 83.4 Å². The molecular weight excluding hydrogens is 396 g/mol. The second-order valence-electron chi connectivity index (χ2n) is 7.94. The van der Waals surface area contributed by atoms with Crippen LogP contribution in [-0.2, 0) is 0 Å². The fourth-order valence-corrected chi connectivity index (χ4v) is 3.87. The van der Waals surface area contributed by atoms with Crippen LogP contribution in [0.2, 0.25) is 0 Å². The molecule has 0 radical (unpaired) electrons. The van der Waals surface area contributed by atoms with Gasteiger partial charge in [-0.15, -0.1) is 10.2 Å². The van der Waals surface area contributed by atoms with E-state index >= 15 is 0 Å². The molecule has 4 rings (SSSR count). The summed E-state index contributed by atoms with van der Waals surface area (Å²) < 4.78 is 0. The summed E-state index contributed by atoms with van der Waals surface area (Å²) in [5.41, 5.74) is 5.78. The molecule has 0 saturated carbocycles. The molecule has 5 heteroatoms. The topological polar surface area (TPSA) is 58.1 Å². The van der Waals surface area contributed by atoms with Crippen LogP contribution >= 0.6 is 0 Å². The van der Waals surface area contributed by atoms with Crippen molar-refractivity contribution in [3.63, 3.8) is 0 Å². The van der Waals surface area contributed by atoms with E-state index in [0.29, 0.717) is 18.7 Å². The van der Waals surface area contributed by atoms with Crippen LogP contribution in [0.5, 0.6) is 0 Å². The van der Waals surface area contributed by atoms with E-state index in [4.69, 9.17) is 0 Å². The van der Waals surface area contributed by atoms with Crippen LogP contribution in [0.25, 0.3) is 22.0 Å². The third-order valence-corrected chi connectivity index (χ3v) is 5.79. The Morgan fingerprint density at radius 1 is 0.875 bits per heavy atom. The molecule has 0 atom stereocenters. The molecule has 0 aliphatic heterocycles. The highest BCUT2D eigenvalue weighted by Gasteiger charge is 2.15. The lowest BCUT2D eigenvalue weighted by molar-refractivity contribution is 0.0773. The summed E-state index contributed by atoms with van der Waals surface area (Å²) in [5.74, 6) is 0.775. The lowest BCUT2D eigenvalue weighted by atomic mass is 10.0. The van der Waals surface area contributed by atoms with Gasteiger partial charge >= 0.3 is 0 Å². The van der Waals surface area contributed by atoms with Gasteiger partial charge in [-0.1, -0.05) is 48.5 Å². The highest BCUT2D eigenvalue weighted by atomic mass is 16.2. The number of benzene rings is 3. The van der Waals surface area contributed by atoms with Gasteiger partial charge in [-0.05, 0) is 57.0 Å². The van der Waals surface area contributed by atoms with E-state index in [9.17, 15) is 4.79 Å². The Bertz CT molecular complexity index is 1260. The zero-order chi connectivity index (χ0) is 22.7. The normalized spacial score (nSPS) is 10.9. The third-order valence-electron chi connectivity index (χ3n) is 5.79. The van der Waals surface area contributed by atoms with E-state index < -0.39 is 0 Å². The molecule has 1 amide bonds. The fraction of sp³-hybridized carbons (Fsp3) is 0.222. The van der Waals surface area contributed by atoms with Crippen molar-refractivity contribution in [2.24, 2.45) is 0 Å². The van der Waals surface area contributed by atoms with Gasteiger partial charge in [0.25, 0.3) is 5.91 Å². The first kappa shape index (κ1) is 21.5. The Balaban J connectivity index is 1.71. The van der Waals surface area contributed by atoms with Crippen LogP contribution in [0.3, 0.4) is 0 Å². The summed E-state index contributed by atoms with van der Waals surface area (Å²) in [5, 5.41) is 14.6. The molecule has 3 aromatic carbocycles. The van der Waals surface area contributed by atoms with Gasteiger partial charge in [0.15, 0.2) is 5.82 Å². The molecule has 0 unspecified atom stereocenters. The Morgan fingerprint density at radius 2 is 1.56 bits per heavy atom. The number of aryl methyl sites for hydroxylation is 2. The Hall–Kier alpha value is -3.73. The molecule has 5 nitrogen and oxygen atoms in total. The maximum atomic E-state index is 12.6. The molecule has 1 N–H and O–H groups in total. The van der Waals surface area contributed by atoms with Gasteiger partial charge in [0.2, 0.25) is 0 Å². The maximum Gasteiger partial charge on any atom is 0.253 e. The van der Waals surface area contributed by atoms with E-state index in [2.05, 4.69) is 59.7 Å². The number of anilines is 2. The zero-order valence-electron chi connectivity index (χ0n) is 19.0. The number of fused-ring (bicyclic) bond motifs is 1. The molecule has 32 heavy (non-hydrogen) atoms. The molecule has 0 bridgehead atoms. The second kappa shape index (κ2) is 9.18. The zero-order valence-corrected chi connectivity index (χ0v) is 19.0. The van der Waals surface area contributed by atoms with Crippen LogP contribution in [0.15, 0.2) is 66.7 Å². The van der Waals surface area contributed by atoms with Crippen molar-refractivity contribution in [2.75, 3.05) is 18.4 Å². The molecule has 0 aliphatic carbocycles. The minimum Gasteiger partial charge on any atom is -0.339 e. The summed E-state index contributed by atoms with van der Waals surface area (Å²) >= 11 is 0. The fourth-order valence-electron chi connectivity index (χ4n) is 3.87. The van der Waals surface area contributed by atoms with Crippen LogP contribution in [0.1, 0.15) is 35.3 Å². The van der Waals surface area contributed by atoms with E-state index in [1.165, 1.54) is 5.56 Å². The number of hydrogen-bond donors (Lipinski definition) is 1. The minimum absolute atomic E-state index is 0.0468. The van der Waals surface area contributed by atoms with Crippen molar-refractivity contribution in [1.82, 2.24) is 15.1 Å². The first-order chi connectivity index (χ1) is 15.5. The molecule has 0 saturated heterocycles. The van der Waals surface area contributed by atoms with Gasteiger partial charge in [-0.25, -0.2) is 0 Å². The first-order valence-electron chi connectivity index (χ1n) is 11.0. The third kappa shape index (κ3) is 4.19. The van der Waals surface area contributed by atoms with E-state index in [1.807, 2.05) is 55.1 Å². The van der Waals surface area contributed by atoms with E-state index in [1.54, 1.807) is 0 Å². The summed E-state index contributed by atoms with van der Waals surface area (Å²) in [7, 11) is 0. The molecule has 0 fully saturated rings. The van der Waals surface area contributed by atoms with E-state index in [0.717, 1.165) is 39.1 Å². The minimum atomic E-state index is 0.0468. The average molecular weight is 425 g/mol. The molecular formula is C27H28N4O. The standard InChI is InChI=1S/C27H28N4O/c1-5-31(6-2)27(32)21-15-13-20(14-16-21)25-22-9-7-8-10-23(22)26(30-29-25)28-24-17-18(3)11-12-19(24)4/h7-17H,5-6H2,1-4H3,(H,28,30). The first-order valence-corrected chi connectivity index (χ1v) is 11.0. The van der Waals surface area contributed by atoms with Crippen molar-refractivity contribution < 1.29 is 4.79 Å². The van der Waals surface area contributed by atoms with Gasteiger partial charge in [-0.2, -0.15) is 0 Å². The van der Waals surface area contributed by atoms with Gasteiger partial charge in [0, 0.05) is 40.7 Å². The number of carbonyl (C=O) groups excluding carboxylic acids is 1. The smallest absolute Gasteiger partial charge is 0.253 e. The van der Waals surface area contributed by atoms with Gasteiger partial charge < -0.3 is 10.2 Å². The number of rotatable bonds is 6. The average Bonchev–Trinajstić information content (AvgIpc) is 2.82.